The van der Waals surface area contributed by atoms with E-state index >= 15 is 0 Å². The first-order valence-corrected chi connectivity index (χ1v) is 9.41. The molecular weight excluding hydrogens is 362 g/mol. The van der Waals surface area contributed by atoms with Crippen LogP contribution in [-0.4, -0.2) is 33.4 Å². The summed E-state index contributed by atoms with van der Waals surface area (Å²) in [5.74, 6) is 1.59. The first-order valence-electron chi connectivity index (χ1n) is 8.42. The molecule has 0 spiro atoms. The van der Waals surface area contributed by atoms with Crippen molar-refractivity contribution in [1.82, 2.24) is 9.55 Å². The highest BCUT2D eigenvalue weighted by Gasteiger charge is 2.14. The van der Waals surface area contributed by atoms with E-state index in [9.17, 15) is 9.90 Å². The molecule has 0 radical (unpaired) electrons. The zero-order valence-corrected chi connectivity index (χ0v) is 16.0. The van der Waals surface area contributed by atoms with Gasteiger partial charge in [-0.05, 0) is 42.8 Å². The Balaban J connectivity index is 1.68. The molecule has 2 heterocycles. The van der Waals surface area contributed by atoms with Crippen LogP contribution in [0.2, 0.25) is 0 Å². The minimum Gasteiger partial charge on any atom is -0.497 e. The van der Waals surface area contributed by atoms with Gasteiger partial charge < -0.3 is 19.7 Å². The van der Waals surface area contributed by atoms with Crippen molar-refractivity contribution in [3.63, 3.8) is 0 Å². The number of hydrogen-bond acceptors (Lipinski definition) is 5. The van der Waals surface area contributed by atoms with Crippen LogP contribution in [0.4, 0.5) is 5.82 Å². The molecule has 1 amide bonds. The molecule has 1 aromatic carbocycles. The van der Waals surface area contributed by atoms with Gasteiger partial charge in [-0.3, -0.25) is 4.79 Å². The Hall–Kier alpha value is -2.93. The van der Waals surface area contributed by atoms with Gasteiger partial charge in [-0.2, -0.15) is 0 Å². The lowest BCUT2D eigenvalue weighted by atomic mass is 10.2. The van der Waals surface area contributed by atoms with E-state index < -0.39 is 0 Å². The Kier molecular flexibility index (Phi) is 6.03. The second-order valence-corrected chi connectivity index (χ2v) is 6.97. The highest BCUT2D eigenvalue weighted by Crippen LogP contribution is 2.30. The van der Waals surface area contributed by atoms with Crippen LogP contribution in [0.3, 0.4) is 0 Å². The van der Waals surface area contributed by atoms with Crippen molar-refractivity contribution < 1.29 is 14.6 Å². The lowest BCUT2D eigenvalue weighted by molar-refractivity contribution is -0.113. The number of pyridine rings is 1. The molecule has 27 heavy (non-hydrogen) atoms. The Morgan fingerprint density at radius 1 is 1.26 bits per heavy atom. The van der Waals surface area contributed by atoms with Gasteiger partial charge in [0.2, 0.25) is 5.91 Å². The van der Waals surface area contributed by atoms with E-state index in [2.05, 4.69) is 10.3 Å². The molecule has 0 atom stereocenters. The number of amides is 1. The number of rotatable bonds is 7. The fraction of sp³-hybridized carbons (Fsp3) is 0.200. The van der Waals surface area contributed by atoms with Crippen LogP contribution in [0, 0.1) is 6.92 Å². The van der Waals surface area contributed by atoms with E-state index in [-0.39, 0.29) is 17.5 Å². The van der Waals surface area contributed by atoms with Crippen molar-refractivity contribution in [2.75, 3.05) is 18.2 Å². The van der Waals surface area contributed by atoms with Gasteiger partial charge in [0.15, 0.2) is 5.88 Å². The van der Waals surface area contributed by atoms with Gasteiger partial charge in [-0.1, -0.05) is 30.0 Å². The molecule has 0 saturated heterocycles. The summed E-state index contributed by atoms with van der Waals surface area (Å²) in [6, 6.07) is 14.9. The van der Waals surface area contributed by atoms with Gasteiger partial charge in [-0.15, -0.1) is 0 Å². The van der Waals surface area contributed by atoms with Gasteiger partial charge in [0.05, 0.1) is 24.4 Å². The topological polar surface area (TPSA) is 76.4 Å². The van der Waals surface area contributed by atoms with E-state index in [4.69, 9.17) is 4.74 Å². The molecule has 3 aromatic rings. The molecule has 0 unspecified atom stereocenters. The SMILES string of the molecule is COc1ccc(Cn2c(SCC(=O)Nc3ccccn3)cc(C)c2O)cc1. The number of aryl methyl sites for hydroxylation is 1. The molecule has 0 bridgehead atoms. The van der Waals surface area contributed by atoms with Crippen LogP contribution < -0.4 is 10.1 Å². The summed E-state index contributed by atoms with van der Waals surface area (Å²) in [5, 5.41) is 14.0. The molecule has 0 aliphatic carbocycles. The number of thioether (sulfide) groups is 1. The van der Waals surface area contributed by atoms with Crippen molar-refractivity contribution >= 4 is 23.5 Å². The number of aromatic hydroxyl groups is 1. The molecule has 0 aliphatic rings. The highest BCUT2D eigenvalue weighted by molar-refractivity contribution is 7.99. The van der Waals surface area contributed by atoms with Gasteiger partial charge in [0, 0.05) is 11.8 Å². The minimum atomic E-state index is -0.145. The molecule has 7 heteroatoms. The summed E-state index contributed by atoms with van der Waals surface area (Å²) in [4.78, 5) is 16.2. The molecule has 2 N–H and O–H groups in total. The van der Waals surface area contributed by atoms with Crippen LogP contribution in [0.15, 0.2) is 59.8 Å². The maximum absolute atomic E-state index is 12.2. The average Bonchev–Trinajstić information content (AvgIpc) is 2.95. The van der Waals surface area contributed by atoms with Crippen molar-refractivity contribution in [1.29, 1.82) is 0 Å². The number of benzene rings is 1. The lowest BCUT2D eigenvalue weighted by Gasteiger charge is -2.11. The highest BCUT2D eigenvalue weighted by atomic mass is 32.2. The number of methoxy groups -OCH3 is 1. The molecule has 0 saturated carbocycles. The van der Waals surface area contributed by atoms with Gasteiger partial charge >= 0.3 is 0 Å². The summed E-state index contributed by atoms with van der Waals surface area (Å²) in [5.41, 5.74) is 1.80. The van der Waals surface area contributed by atoms with Crippen LogP contribution in [0.5, 0.6) is 11.6 Å². The molecule has 0 fully saturated rings. The molecule has 3 rings (SSSR count). The van der Waals surface area contributed by atoms with E-state index in [1.165, 1.54) is 11.8 Å². The number of ether oxygens (including phenoxy) is 1. The first kappa shape index (κ1) is 18.8. The standard InChI is InChI=1S/C20H21N3O3S/c1-14-11-19(27-13-18(24)22-17-5-3-4-10-21-17)23(20(14)25)12-15-6-8-16(26-2)9-7-15/h3-11,25H,12-13H2,1-2H3,(H,21,22,24). The van der Waals surface area contributed by atoms with Crippen LogP contribution in [0.25, 0.3) is 0 Å². The molecular formula is C20H21N3O3S. The van der Waals surface area contributed by atoms with E-state index in [0.717, 1.165) is 21.9 Å². The maximum Gasteiger partial charge on any atom is 0.235 e. The Bertz CT molecular complexity index is 908. The average molecular weight is 383 g/mol. The summed E-state index contributed by atoms with van der Waals surface area (Å²) in [7, 11) is 1.63. The number of carbonyl (C=O) groups excluding carboxylic acids is 1. The lowest BCUT2D eigenvalue weighted by Crippen LogP contribution is -2.15. The van der Waals surface area contributed by atoms with Gasteiger partial charge in [0.25, 0.3) is 0 Å². The predicted molar refractivity (Wildman–Crippen MR) is 107 cm³/mol. The summed E-state index contributed by atoms with van der Waals surface area (Å²) in [6.07, 6.45) is 1.63. The van der Waals surface area contributed by atoms with Crippen molar-refractivity contribution in [3.05, 3.63) is 65.9 Å². The third kappa shape index (κ3) is 4.83. The molecule has 6 nitrogen and oxygen atoms in total. The Labute approximate surface area is 162 Å². The molecule has 140 valence electrons. The summed E-state index contributed by atoms with van der Waals surface area (Å²) in [6.45, 7) is 2.35. The maximum atomic E-state index is 12.2. The largest absolute Gasteiger partial charge is 0.497 e. The quantitative estimate of drug-likeness (QED) is 0.609. The number of carbonyl (C=O) groups is 1. The second-order valence-electron chi connectivity index (χ2n) is 5.98. The number of anilines is 1. The van der Waals surface area contributed by atoms with Crippen LogP contribution >= 0.6 is 11.8 Å². The van der Waals surface area contributed by atoms with Crippen LogP contribution in [-0.2, 0) is 11.3 Å². The normalized spacial score (nSPS) is 10.6. The third-order valence-electron chi connectivity index (χ3n) is 4.00. The van der Waals surface area contributed by atoms with Crippen molar-refractivity contribution in [2.24, 2.45) is 0 Å². The summed E-state index contributed by atoms with van der Waals surface area (Å²) >= 11 is 1.37. The van der Waals surface area contributed by atoms with Gasteiger partial charge in [0.1, 0.15) is 11.6 Å². The van der Waals surface area contributed by atoms with Gasteiger partial charge in [-0.25, -0.2) is 4.98 Å². The predicted octanol–water partition coefficient (Wildman–Crippen LogP) is 3.68. The summed E-state index contributed by atoms with van der Waals surface area (Å²) < 4.78 is 6.98. The third-order valence-corrected chi connectivity index (χ3v) is 5.04. The van der Waals surface area contributed by atoms with Crippen molar-refractivity contribution in [2.45, 2.75) is 18.5 Å². The molecule has 0 aliphatic heterocycles. The number of nitrogens with one attached hydrogen (secondary N) is 1. The number of nitrogens with zero attached hydrogens (tertiary/aromatic N) is 2. The number of hydrogen-bond donors (Lipinski definition) is 2. The zero-order valence-electron chi connectivity index (χ0n) is 15.2. The first-order chi connectivity index (χ1) is 13.1. The Morgan fingerprint density at radius 3 is 2.70 bits per heavy atom. The van der Waals surface area contributed by atoms with E-state index in [0.29, 0.717) is 12.4 Å². The second kappa shape index (κ2) is 8.64. The fourth-order valence-corrected chi connectivity index (χ4v) is 3.50. The molecule has 2 aromatic heterocycles. The van der Waals surface area contributed by atoms with E-state index in [1.807, 2.05) is 43.3 Å². The smallest absolute Gasteiger partial charge is 0.235 e. The number of aromatic nitrogens is 2. The zero-order chi connectivity index (χ0) is 19.2. The minimum absolute atomic E-state index is 0.145. The Morgan fingerprint density at radius 2 is 2.04 bits per heavy atom. The monoisotopic (exact) mass is 383 g/mol. The fourth-order valence-electron chi connectivity index (χ4n) is 2.59. The van der Waals surface area contributed by atoms with E-state index in [1.54, 1.807) is 30.0 Å². The van der Waals surface area contributed by atoms with Crippen molar-refractivity contribution in [3.8, 4) is 11.6 Å². The van der Waals surface area contributed by atoms with Crippen LogP contribution in [0.1, 0.15) is 11.1 Å².